The van der Waals surface area contributed by atoms with E-state index < -0.39 is 11.5 Å². The normalized spacial score (nSPS) is 38.2. The lowest BCUT2D eigenvalue weighted by atomic mass is 9.46. The van der Waals surface area contributed by atoms with Crippen LogP contribution < -0.4 is 4.74 Å². The zero-order valence-corrected chi connectivity index (χ0v) is 15.4. The number of rotatable bonds is 5. The summed E-state index contributed by atoms with van der Waals surface area (Å²) in [4.78, 5) is 4.21. The Morgan fingerprint density at radius 1 is 1.32 bits per heavy atom. The Morgan fingerprint density at radius 2 is 2.12 bits per heavy atom. The van der Waals surface area contributed by atoms with Gasteiger partial charge in [0.25, 0.3) is 0 Å². The maximum absolute atomic E-state index is 10.5. The predicted octanol–water partition coefficient (Wildman–Crippen LogP) is 3.59. The van der Waals surface area contributed by atoms with Crippen LogP contribution in [0.3, 0.4) is 0 Å². The molecule has 2 saturated carbocycles. The summed E-state index contributed by atoms with van der Waals surface area (Å²) in [5.41, 5.74) is 0.924. The van der Waals surface area contributed by atoms with Gasteiger partial charge in [0.1, 0.15) is 0 Å². The third-order valence-corrected chi connectivity index (χ3v) is 6.99. The second kappa shape index (κ2) is 7.08. The van der Waals surface area contributed by atoms with Gasteiger partial charge in [0.05, 0.1) is 19.3 Å². The van der Waals surface area contributed by atoms with Gasteiger partial charge in [0.2, 0.25) is 5.88 Å². The number of nitrogens with zero attached hydrogens (tertiary/aromatic N) is 1. The quantitative estimate of drug-likeness (QED) is 0.801. The maximum Gasteiger partial charge on any atom is 0.213 e. The average Bonchev–Trinajstić information content (AvgIpc) is 2.62. The molecule has 0 spiro atoms. The molecule has 0 aliphatic heterocycles. The Balaban J connectivity index is 1.75. The average molecular weight is 345 g/mol. The zero-order valence-electron chi connectivity index (χ0n) is 15.4. The van der Waals surface area contributed by atoms with Crippen molar-refractivity contribution in [2.75, 3.05) is 13.2 Å². The van der Waals surface area contributed by atoms with Crippen molar-refractivity contribution in [1.82, 2.24) is 4.98 Å². The third-order valence-electron chi connectivity index (χ3n) is 6.99. The lowest BCUT2D eigenvalue weighted by Gasteiger charge is -2.60. The van der Waals surface area contributed by atoms with E-state index in [0.717, 1.165) is 32.1 Å². The van der Waals surface area contributed by atoms with Crippen molar-refractivity contribution in [1.29, 1.82) is 0 Å². The summed E-state index contributed by atoms with van der Waals surface area (Å²) in [6.45, 7) is 9.38. The molecule has 1 aromatic heterocycles. The summed E-state index contributed by atoms with van der Waals surface area (Å²) in [6, 6.07) is 5.68. The fourth-order valence-electron chi connectivity index (χ4n) is 5.45. The molecule has 138 valence electrons. The lowest BCUT2D eigenvalue weighted by molar-refractivity contribution is -0.153. The van der Waals surface area contributed by atoms with Crippen LogP contribution >= 0.6 is 0 Å². The zero-order chi connectivity index (χ0) is 18.1. The number of pyridine rings is 1. The molecule has 2 N–H and O–H groups in total. The molecule has 0 radical (unpaired) electrons. The number of hydrogen-bond acceptors (Lipinski definition) is 4. The van der Waals surface area contributed by atoms with Crippen molar-refractivity contribution < 1.29 is 14.9 Å². The molecule has 2 fully saturated rings. The second-order valence-corrected chi connectivity index (χ2v) is 8.33. The molecule has 2 aliphatic carbocycles. The van der Waals surface area contributed by atoms with E-state index >= 15 is 0 Å². The van der Waals surface area contributed by atoms with Crippen LogP contribution in [-0.2, 0) is 0 Å². The number of hydrogen-bond donors (Lipinski definition) is 2. The number of fused-ring (bicyclic) bond motifs is 1. The van der Waals surface area contributed by atoms with Crippen molar-refractivity contribution in [3.8, 4) is 5.88 Å². The van der Waals surface area contributed by atoms with Gasteiger partial charge in [-0.3, -0.25) is 0 Å². The number of aliphatic hydroxyl groups excluding tert-OH is 2. The van der Waals surface area contributed by atoms with Crippen molar-refractivity contribution in [2.24, 2.45) is 22.7 Å². The van der Waals surface area contributed by atoms with Crippen LogP contribution in [0.1, 0.15) is 46.0 Å². The van der Waals surface area contributed by atoms with E-state index in [1.165, 1.54) is 5.57 Å². The summed E-state index contributed by atoms with van der Waals surface area (Å²) in [5, 5.41) is 20.6. The molecule has 1 aromatic rings. The summed E-state index contributed by atoms with van der Waals surface area (Å²) in [6.07, 6.45) is 5.91. The van der Waals surface area contributed by atoms with Gasteiger partial charge < -0.3 is 14.9 Å². The fraction of sp³-hybridized carbons (Fsp3) is 0.667. The molecule has 2 aliphatic rings. The highest BCUT2D eigenvalue weighted by molar-refractivity contribution is 5.17. The minimum Gasteiger partial charge on any atom is -0.478 e. The number of aromatic nitrogens is 1. The summed E-state index contributed by atoms with van der Waals surface area (Å²) < 4.78 is 5.83. The van der Waals surface area contributed by atoms with Crippen LogP contribution in [0.15, 0.2) is 36.5 Å². The first-order chi connectivity index (χ1) is 11.9. The first-order valence-electron chi connectivity index (χ1n) is 9.42. The Morgan fingerprint density at radius 3 is 2.80 bits per heavy atom. The van der Waals surface area contributed by atoms with Crippen molar-refractivity contribution in [3.05, 3.63) is 36.5 Å². The summed E-state index contributed by atoms with van der Waals surface area (Å²) >= 11 is 0. The molecule has 0 amide bonds. The molecule has 5 atom stereocenters. The van der Waals surface area contributed by atoms with E-state index in [0.29, 0.717) is 24.3 Å². The van der Waals surface area contributed by atoms with E-state index in [9.17, 15) is 10.2 Å². The number of allylic oxidation sites excluding steroid dienone is 1. The molecule has 1 heterocycles. The molecule has 4 nitrogen and oxygen atoms in total. The topological polar surface area (TPSA) is 62.6 Å². The van der Waals surface area contributed by atoms with Gasteiger partial charge in [0, 0.05) is 17.7 Å². The van der Waals surface area contributed by atoms with Crippen LogP contribution in [-0.4, -0.2) is 34.5 Å². The lowest BCUT2D eigenvalue weighted by Crippen LogP contribution is -2.57. The monoisotopic (exact) mass is 345 g/mol. The van der Waals surface area contributed by atoms with Crippen molar-refractivity contribution in [2.45, 2.75) is 52.1 Å². The number of aliphatic hydroxyl groups is 2. The van der Waals surface area contributed by atoms with Gasteiger partial charge in [-0.1, -0.05) is 32.1 Å². The largest absolute Gasteiger partial charge is 0.478 e. The summed E-state index contributed by atoms with van der Waals surface area (Å²) in [7, 11) is 0. The smallest absolute Gasteiger partial charge is 0.213 e. The minimum absolute atomic E-state index is 0.0397. The molecule has 0 saturated heterocycles. The van der Waals surface area contributed by atoms with Crippen LogP contribution in [0.25, 0.3) is 0 Å². The standard InChI is InChI=1S/C21H31NO3/c1-15-7-8-17-20(2,11-9-18(24)21(17,3)14-23)16(15)10-13-25-19-6-4-5-12-22-19/h4-6,12,16-18,23-24H,1,7-11,13-14H2,2-3H3/t16-,17?,18-,20+,21+/m1/s1. The molecule has 1 unspecified atom stereocenters. The highest BCUT2D eigenvalue weighted by Crippen LogP contribution is 2.61. The van der Waals surface area contributed by atoms with E-state index in [1.807, 2.05) is 18.2 Å². The first kappa shape index (κ1) is 18.4. The maximum atomic E-state index is 10.5. The van der Waals surface area contributed by atoms with Gasteiger partial charge in [-0.2, -0.15) is 0 Å². The van der Waals surface area contributed by atoms with E-state index in [4.69, 9.17) is 4.74 Å². The van der Waals surface area contributed by atoms with Crippen LogP contribution in [0.4, 0.5) is 0 Å². The second-order valence-electron chi connectivity index (χ2n) is 8.33. The van der Waals surface area contributed by atoms with Crippen LogP contribution in [0.5, 0.6) is 5.88 Å². The van der Waals surface area contributed by atoms with E-state index in [1.54, 1.807) is 6.20 Å². The molecule has 0 bridgehead atoms. The predicted molar refractivity (Wildman–Crippen MR) is 98.2 cm³/mol. The molecule has 25 heavy (non-hydrogen) atoms. The highest BCUT2D eigenvalue weighted by atomic mass is 16.5. The highest BCUT2D eigenvalue weighted by Gasteiger charge is 2.57. The SMILES string of the molecule is C=C1CCC2[C@](C)(CO)[C@H](O)CC[C@@]2(C)[C@@H]1CCOc1ccccn1. The summed E-state index contributed by atoms with van der Waals surface area (Å²) in [5.74, 6) is 1.32. The number of ether oxygens (including phenoxy) is 1. The molecule has 0 aromatic carbocycles. The molecule has 4 heteroatoms. The first-order valence-corrected chi connectivity index (χ1v) is 9.42. The van der Waals surface area contributed by atoms with E-state index in [2.05, 4.69) is 25.4 Å². The Hall–Kier alpha value is -1.39. The Labute approximate surface area is 150 Å². The Kier molecular flexibility index (Phi) is 5.21. The van der Waals surface area contributed by atoms with Gasteiger partial charge in [-0.15, -0.1) is 0 Å². The van der Waals surface area contributed by atoms with Crippen molar-refractivity contribution >= 4 is 0 Å². The van der Waals surface area contributed by atoms with Crippen molar-refractivity contribution in [3.63, 3.8) is 0 Å². The van der Waals surface area contributed by atoms with Crippen LogP contribution in [0.2, 0.25) is 0 Å². The fourth-order valence-corrected chi connectivity index (χ4v) is 5.45. The van der Waals surface area contributed by atoms with E-state index in [-0.39, 0.29) is 12.0 Å². The van der Waals surface area contributed by atoms with Gasteiger partial charge in [-0.05, 0) is 55.4 Å². The van der Waals surface area contributed by atoms with Gasteiger partial charge in [0.15, 0.2) is 0 Å². The molecular weight excluding hydrogens is 314 g/mol. The van der Waals surface area contributed by atoms with Crippen LogP contribution in [0, 0.1) is 22.7 Å². The Bertz CT molecular complexity index is 604. The molecule has 3 rings (SSSR count). The molecular formula is C21H31NO3. The third kappa shape index (κ3) is 3.22. The van der Waals surface area contributed by atoms with Gasteiger partial charge in [-0.25, -0.2) is 4.98 Å². The van der Waals surface area contributed by atoms with Gasteiger partial charge >= 0.3 is 0 Å². The minimum atomic E-state index is -0.424.